The topological polar surface area (TPSA) is 39.9 Å². The third-order valence-corrected chi connectivity index (χ3v) is 5.18. The van der Waals surface area contributed by atoms with Crippen molar-refractivity contribution < 1.29 is 9.13 Å². The van der Waals surface area contributed by atoms with E-state index in [9.17, 15) is 4.39 Å². The van der Waals surface area contributed by atoms with Crippen LogP contribution in [0.3, 0.4) is 0 Å². The molecule has 0 unspecified atom stereocenters. The molecule has 140 valence electrons. The minimum atomic E-state index is -0.255. The minimum Gasteiger partial charge on any atom is -0.484 e. The summed E-state index contributed by atoms with van der Waals surface area (Å²) in [5.74, 6) is 1.48. The SMILES string of the molecule is C=CCn1c(COc2ccc(Cl)cc2Cl)nnc1SCc1cccc(F)c1. The van der Waals surface area contributed by atoms with Gasteiger partial charge >= 0.3 is 0 Å². The normalized spacial score (nSPS) is 10.8. The van der Waals surface area contributed by atoms with E-state index in [0.717, 1.165) is 5.56 Å². The molecule has 4 nitrogen and oxygen atoms in total. The van der Waals surface area contributed by atoms with Gasteiger partial charge in [-0.25, -0.2) is 4.39 Å². The fraction of sp³-hybridized carbons (Fsp3) is 0.158. The second kappa shape index (κ2) is 9.26. The lowest BCUT2D eigenvalue weighted by molar-refractivity contribution is 0.289. The van der Waals surface area contributed by atoms with E-state index >= 15 is 0 Å². The summed E-state index contributed by atoms with van der Waals surface area (Å²) in [7, 11) is 0. The molecule has 3 rings (SSSR count). The van der Waals surface area contributed by atoms with Crippen molar-refractivity contribution in [3.05, 3.63) is 82.4 Å². The number of thioether (sulfide) groups is 1. The van der Waals surface area contributed by atoms with Crippen molar-refractivity contribution in [3.8, 4) is 5.75 Å². The molecular formula is C19H16Cl2FN3OS. The molecule has 0 amide bonds. The van der Waals surface area contributed by atoms with Crippen molar-refractivity contribution in [2.24, 2.45) is 0 Å². The predicted molar refractivity (Wildman–Crippen MR) is 107 cm³/mol. The summed E-state index contributed by atoms with van der Waals surface area (Å²) < 4.78 is 21.0. The van der Waals surface area contributed by atoms with E-state index in [-0.39, 0.29) is 12.4 Å². The summed E-state index contributed by atoms with van der Waals surface area (Å²) in [6.45, 7) is 4.51. The van der Waals surface area contributed by atoms with Gasteiger partial charge in [0.1, 0.15) is 18.2 Å². The number of nitrogens with zero attached hydrogens (tertiary/aromatic N) is 3. The van der Waals surface area contributed by atoms with Gasteiger partial charge in [-0.3, -0.25) is 4.57 Å². The number of hydrogen-bond donors (Lipinski definition) is 0. The highest BCUT2D eigenvalue weighted by Crippen LogP contribution is 2.28. The fourth-order valence-electron chi connectivity index (χ4n) is 2.35. The Labute approximate surface area is 171 Å². The van der Waals surface area contributed by atoms with Gasteiger partial charge in [-0.05, 0) is 35.9 Å². The van der Waals surface area contributed by atoms with E-state index in [2.05, 4.69) is 16.8 Å². The Bertz CT molecular complexity index is 948. The van der Waals surface area contributed by atoms with Crippen LogP contribution < -0.4 is 4.74 Å². The van der Waals surface area contributed by atoms with Crippen molar-refractivity contribution in [2.45, 2.75) is 24.1 Å². The third kappa shape index (κ3) is 5.25. The molecule has 1 aromatic heterocycles. The summed E-state index contributed by atoms with van der Waals surface area (Å²) >= 11 is 13.5. The average Bonchev–Trinajstić information content (AvgIpc) is 3.01. The molecule has 0 saturated carbocycles. The first-order valence-electron chi connectivity index (χ1n) is 8.05. The van der Waals surface area contributed by atoms with Gasteiger partial charge in [0.05, 0.1) is 5.02 Å². The largest absolute Gasteiger partial charge is 0.484 e. The Balaban J connectivity index is 1.71. The number of ether oxygens (including phenoxy) is 1. The molecule has 1 heterocycles. The summed E-state index contributed by atoms with van der Waals surface area (Å²) in [6.07, 6.45) is 1.76. The quantitative estimate of drug-likeness (QED) is 0.340. The number of aromatic nitrogens is 3. The molecular weight excluding hydrogens is 408 g/mol. The van der Waals surface area contributed by atoms with Gasteiger partial charge in [0.2, 0.25) is 0 Å². The average molecular weight is 424 g/mol. The van der Waals surface area contributed by atoms with Crippen LogP contribution >= 0.6 is 35.0 Å². The first kappa shape index (κ1) is 19.7. The highest BCUT2D eigenvalue weighted by Gasteiger charge is 2.13. The molecule has 27 heavy (non-hydrogen) atoms. The first-order valence-corrected chi connectivity index (χ1v) is 9.79. The molecule has 0 aliphatic heterocycles. The van der Waals surface area contributed by atoms with E-state index < -0.39 is 0 Å². The van der Waals surface area contributed by atoms with Crippen molar-refractivity contribution in [1.82, 2.24) is 14.8 Å². The molecule has 0 spiro atoms. The molecule has 3 aromatic rings. The summed E-state index contributed by atoms with van der Waals surface area (Å²) in [5, 5.41) is 10.1. The van der Waals surface area contributed by atoms with Crippen LogP contribution in [-0.4, -0.2) is 14.8 Å². The number of halogens is 3. The summed E-state index contributed by atoms with van der Waals surface area (Å²) in [5.41, 5.74) is 0.874. The molecule has 0 fully saturated rings. The first-order chi connectivity index (χ1) is 13.1. The number of benzene rings is 2. The van der Waals surface area contributed by atoms with Crippen molar-refractivity contribution in [3.63, 3.8) is 0 Å². The summed E-state index contributed by atoms with van der Waals surface area (Å²) in [6, 6.07) is 11.5. The zero-order chi connectivity index (χ0) is 19.2. The lowest BCUT2D eigenvalue weighted by atomic mass is 10.2. The fourth-order valence-corrected chi connectivity index (χ4v) is 3.73. The molecule has 8 heteroatoms. The molecule has 0 atom stereocenters. The zero-order valence-corrected chi connectivity index (χ0v) is 16.6. The molecule has 0 N–H and O–H groups in total. The third-order valence-electron chi connectivity index (χ3n) is 3.61. The highest BCUT2D eigenvalue weighted by atomic mass is 35.5. The van der Waals surface area contributed by atoms with Crippen LogP contribution in [0.25, 0.3) is 0 Å². The monoisotopic (exact) mass is 423 g/mol. The lowest BCUT2D eigenvalue weighted by Gasteiger charge is -2.10. The van der Waals surface area contributed by atoms with Crippen molar-refractivity contribution >= 4 is 35.0 Å². The molecule has 0 aliphatic carbocycles. The van der Waals surface area contributed by atoms with Crippen LogP contribution in [-0.2, 0) is 18.9 Å². The van der Waals surface area contributed by atoms with Gasteiger partial charge < -0.3 is 4.74 Å². The Morgan fingerprint density at radius 3 is 2.78 bits per heavy atom. The number of allylic oxidation sites excluding steroid dienone is 1. The Morgan fingerprint density at radius 2 is 2.04 bits per heavy atom. The van der Waals surface area contributed by atoms with Crippen LogP contribution in [0.5, 0.6) is 5.75 Å². The molecule has 2 aromatic carbocycles. The smallest absolute Gasteiger partial charge is 0.191 e. The second-order valence-electron chi connectivity index (χ2n) is 5.58. The van der Waals surface area contributed by atoms with Crippen LogP contribution in [0.1, 0.15) is 11.4 Å². The molecule has 0 aliphatic rings. The maximum absolute atomic E-state index is 13.3. The van der Waals surface area contributed by atoms with E-state index in [1.165, 1.54) is 23.9 Å². The maximum Gasteiger partial charge on any atom is 0.191 e. The summed E-state index contributed by atoms with van der Waals surface area (Å²) in [4.78, 5) is 0. The minimum absolute atomic E-state index is 0.197. The Morgan fingerprint density at radius 1 is 1.19 bits per heavy atom. The molecule has 0 bridgehead atoms. The highest BCUT2D eigenvalue weighted by molar-refractivity contribution is 7.98. The lowest BCUT2D eigenvalue weighted by Crippen LogP contribution is -2.07. The second-order valence-corrected chi connectivity index (χ2v) is 7.37. The number of rotatable bonds is 8. The van der Waals surface area contributed by atoms with E-state index in [1.807, 2.05) is 10.6 Å². The zero-order valence-electron chi connectivity index (χ0n) is 14.2. The van der Waals surface area contributed by atoms with Gasteiger partial charge in [-0.15, -0.1) is 16.8 Å². The predicted octanol–water partition coefficient (Wildman–Crippen LogP) is 5.78. The Kier molecular flexibility index (Phi) is 6.77. The van der Waals surface area contributed by atoms with E-state index in [1.54, 1.807) is 30.3 Å². The van der Waals surface area contributed by atoms with Crippen LogP contribution in [0.4, 0.5) is 4.39 Å². The Hall–Kier alpha value is -2.02. The van der Waals surface area contributed by atoms with Crippen LogP contribution in [0.15, 0.2) is 60.3 Å². The van der Waals surface area contributed by atoms with Gasteiger partial charge in [0.15, 0.2) is 11.0 Å². The van der Waals surface area contributed by atoms with Crippen molar-refractivity contribution in [2.75, 3.05) is 0 Å². The molecule has 0 saturated heterocycles. The molecule has 0 radical (unpaired) electrons. The van der Waals surface area contributed by atoms with E-state index in [0.29, 0.717) is 39.1 Å². The van der Waals surface area contributed by atoms with E-state index in [4.69, 9.17) is 27.9 Å². The maximum atomic E-state index is 13.3. The van der Waals surface area contributed by atoms with Gasteiger partial charge in [0, 0.05) is 17.3 Å². The van der Waals surface area contributed by atoms with Gasteiger partial charge in [-0.2, -0.15) is 0 Å². The van der Waals surface area contributed by atoms with Crippen LogP contribution in [0, 0.1) is 5.82 Å². The van der Waals surface area contributed by atoms with Crippen LogP contribution in [0.2, 0.25) is 10.0 Å². The van der Waals surface area contributed by atoms with Gasteiger partial charge in [-0.1, -0.05) is 53.2 Å². The van der Waals surface area contributed by atoms with Gasteiger partial charge in [0.25, 0.3) is 0 Å². The van der Waals surface area contributed by atoms with Crippen molar-refractivity contribution in [1.29, 1.82) is 0 Å². The standard InChI is InChI=1S/C19H16Cl2FN3OS/c1-2-8-25-18(11-26-17-7-6-14(20)10-16(17)21)23-24-19(25)27-12-13-4-3-5-15(22)9-13/h2-7,9-10H,1,8,11-12H2. The number of hydrogen-bond acceptors (Lipinski definition) is 4.